The van der Waals surface area contributed by atoms with Gasteiger partial charge in [0, 0.05) is 31.6 Å². The summed E-state index contributed by atoms with van der Waals surface area (Å²) in [7, 11) is 2.11. The van der Waals surface area contributed by atoms with Crippen molar-refractivity contribution in [2.45, 2.75) is 0 Å². The van der Waals surface area contributed by atoms with E-state index < -0.39 is 5.91 Å². The minimum atomic E-state index is -0.392. The van der Waals surface area contributed by atoms with Crippen LogP contribution in [-0.4, -0.2) is 59.2 Å². The SMILES string of the molecule is CN1CCN(c2ccc(NC(=O)c3n[nH]c(=O)c4ccccc34)cn2)CC1. The van der Waals surface area contributed by atoms with Gasteiger partial charge in [-0.2, -0.15) is 5.10 Å². The zero-order valence-electron chi connectivity index (χ0n) is 15.0. The zero-order chi connectivity index (χ0) is 18.8. The highest BCUT2D eigenvalue weighted by Gasteiger charge is 2.16. The number of nitrogens with one attached hydrogen (secondary N) is 2. The van der Waals surface area contributed by atoms with Crippen molar-refractivity contribution in [3.63, 3.8) is 0 Å². The van der Waals surface area contributed by atoms with E-state index in [1.54, 1.807) is 30.5 Å². The van der Waals surface area contributed by atoms with Crippen molar-refractivity contribution < 1.29 is 4.79 Å². The number of H-pyrrole nitrogens is 1. The molecule has 0 radical (unpaired) electrons. The fourth-order valence-corrected chi connectivity index (χ4v) is 3.16. The Hall–Kier alpha value is -3.26. The average Bonchev–Trinajstić information content (AvgIpc) is 2.70. The number of carbonyl (C=O) groups is 1. The molecule has 3 heterocycles. The first-order chi connectivity index (χ1) is 13.1. The minimum Gasteiger partial charge on any atom is -0.354 e. The first kappa shape index (κ1) is 17.2. The van der Waals surface area contributed by atoms with E-state index in [0.717, 1.165) is 32.0 Å². The Labute approximate surface area is 155 Å². The lowest BCUT2D eigenvalue weighted by atomic mass is 10.1. The largest absolute Gasteiger partial charge is 0.354 e. The van der Waals surface area contributed by atoms with Gasteiger partial charge in [0.25, 0.3) is 11.5 Å². The number of aromatic amines is 1. The first-order valence-electron chi connectivity index (χ1n) is 8.80. The molecule has 1 fully saturated rings. The number of pyridine rings is 1. The molecule has 2 aromatic heterocycles. The van der Waals surface area contributed by atoms with E-state index in [0.29, 0.717) is 16.5 Å². The van der Waals surface area contributed by atoms with Gasteiger partial charge in [0.1, 0.15) is 5.82 Å². The molecule has 3 aromatic rings. The number of piperazine rings is 1. The molecule has 138 valence electrons. The number of nitrogens with zero attached hydrogens (tertiary/aromatic N) is 4. The molecule has 4 rings (SSSR count). The van der Waals surface area contributed by atoms with Crippen molar-refractivity contribution in [3.8, 4) is 0 Å². The summed E-state index contributed by atoms with van der Waals surface area (Å²) in [5, 5.41) is 10.0. The number of hydrogen-bond acceptors (Lipinski definition) is 6. The fourth-order valence-electron chi connectivity index (χ4n) is 3.16. The van der Waals surface area contributed by atoms with E-state index in [1.165, 1.54) is 0 Å². The maximum absolute atomic E-state index is 12.6. The van der Waals surface area contributed by atoms with Gasteiger partial charge < -0.3 is 15.1 Å². The molecule has 27 heavy (non-hydrogen) atoms. The third-order valence-electron chi connectivity index (χ3n) is 4.74. The number of anilines is 2. The molecule has 1 saturated heterocycles. The molecule has 0 bridgehead atoms. The Kier molecular flexibility index (Phi) is 4.55. The molecule has 1 aliphatic rings. The van der Waals surface area contributed by atoms with Crippen LogP contribution in [0.4, 0.5) is 11.5 Å². The van der Waals surface area contributed by atoms with Crippen molar-refractivity contribution >= 4 is 28.2 Å². The first-order valence-corrected chi connectivity index (χ1v) is 8.80. The van der Waals surface area contributed by atoms with Gasteiger partial charge in [0.05, 0.1) is 17.3 Å². The highest BCUT2D eigenvalue weighted by atomic mass is 16.2. The summed E-state index contributed by atoms with van der Waals surface area (Å²) in [6.45, 7) is 3.88. The number of rotatable bonds is 3. The third-order valence-corrected chi connectivity index (χ3v) is 4.74. The van der Waals surface area contributed by atoms with E-state index in [1.807, 2.05) is 12.1 Å². The van der Waals surface area contributed by atoms with Crippen molar-refractivity contribution in [1.29, 1.82) is 0 Å². The molecular weight excluding hydrogens is 344 g/mol. The van der Waals surface area contributed by atoms with Gasteiger partial charge in [-0.05, 0) is 25.2 Å². The maximum atomic E-state index is 12.6. The topological polar surface area (TPSA) is 94.2 Å². The van der Waals surface area contributed by atoms with Crippen LogP contribution in [0.5, 0.6) is 0 Å². The van der Waals surface area contributed by atoms with Crippen LogP contribution in [0.1, 0.15) is 10.5 Å². The lowest BCUT2D eigenvalue weighted by Gasteiger charge is -2.33. The summed E-state index contributed by atoms with van der Waals surface area (Å²) >= 11 is 0. The lowest BCUT2D eigenvalue weighted by Crippen LogP contribution is -2.44. The summed E-state index contributed by atoms with van der Waals surface area (Å²) in [4.78, 5) is 33.4. The molecule has 2 N–H and O–H groups in total. The number of carbonyl (C=O) groups excluding carboxylic acids is 1. The Morgan fingerprint density at radius 1 is 1.07 bits per heavy atom. The number of fused-ring (bicyclic) bond motifs is 1. The molecule has 0 spiro atoms. The van der Waals surface area contributed by atoms with Gasteiger partial charge in [0.15, 0.2) is 5.69 Å². The highest BCUT2D eigenvalue weighted by Crippen LogP contribution is 2.18. The molecule has 0 saturated carbocycles. The number of amides is 1. The van der Waals surface area contributed by atoms with E-state index in [-0.39, 0.29) is 11.3 Å². The molecule has 1 aromatic carbocycles. The molecule has 8 heteroatoms. The molecular formula is C19H20N6O2. The summed E-state index contributed by atoms with van der Waals surface area (Å²) in [6.07, 6.45) is 1.64. The van der Waals surface area contributed by atoms with Crippen LogP contribution in [0, 0.1) is 0 Å². The van der Waals surface area contributed by atoms with E-state index in [4.69, 9.17) is 0 Å². The fraction of sp³-hybridized carbons (Fsp3) is 0.263. The number of aromatic nitrogens is 3. The Bertz CT molecular complexity index is 1020. The second-order valence-corrected chi connectivity index (χ2v) is 6.60. The van der Waals surface area contributed by atoms with Gasteiger partial charge in [-0.3, -0.25) is 9.59 Å². The predicted octanol–water partition coefficient (Wildman–Crippen LogP) is 1.32. The predicted molar refractivity (Wildman–Crippen MR) is 104 cm³/mol. The Balaban J connectivity index is 1.52. The Morgan fingerprint density at radius 2 is 1.81 bits per heavy atom. The van der Waals surface area contributed by atoms with Gasteiger partial charge in [-0.15, -0.1) is 0 Å². The van der Waals surface area contributed by atoms with Crippen molar-refractivity contribution in [3.05, 3.63) is 58.6 Å². The average molecular weight is 364 g/mol. The van der Waals surface area contributed by atoms with Gasteiger partial charge >= 0.3 is 0 Å². The monoisotopic (exact) mass is 364 g/mol. The molecule has 8 nitrogen and oxygen atoms in total. The van der Waals surface area contributed by atoms with Crippen LogP contribution in [0.25, 0.3) is 10.8 Å². The molecule has 0 atom stereocenters. The summed E-state index contributed by atoms with van der Waals surface area (Å²) in [5.74, 6) is 0.505. The normalized spacial score (nSPS) is 15.1. The smallest absolute Gasteiger partial charge is 0.276 e. The van der Waals surface area contributed by atoms with E-state index >= 15 is 0 Å². The van der Waals surface area contributed by atoms with Crippen LogP contribution in [0.2, 0.25) is 0 Å². The van der Waals surface area contributed by atoms with E-state index in [9.17, 15) is 9.59 Å². The summed E-state index contributed by atoms with van der Waals surface area (Å²) in [5.41, 5.74) is 0.434. The quantitative estimate of drug-likeness (QED) is 0.728. The summed E-state index contributed by atoms with van der Waals surface area (Å²) < 4.78 is 0. The third kappa shape index (κ3) is 3.52. The van der Waals surface area contributed by atoms with Crippen LogP contribution < -0.4 is 15.8 Å². The Morgan fingerprint density at radius 3 is 2.52 bits per heavy atom. The van der Waals surface area contributed by atoms with Gasteiger partial charge in [-0.25, -0.2) is 10.1 Å². The van der Waals surface area contributed by atoms with Crippen LogP contribution >= 0.6 is 0 Å². The van der Waals surface area contributed by atoms with Gasteiger partial charge in [0.2, 0.25) is 0 Å². The minimum absolute atomic E-state index is 0.174. The second kappa shape index (κ2) is 7.16. The van der Waals surface area contributed by atoms with Crippen LogP contribution in [0.3, 0.4) is 0 Å². The van der Waals surface area contributed by atoms with Crippen molar-refractivity contribution in [2.24, 2.45) is 0 Å². The molecule has 1 amide bonds. The van der Waals surface area contributed by atoms with Crippen molar-refractivity contribution in [2.75, 3.05) is 43.4 Å². The molecule has 0 aliphatic carbocycles. The van der Waals surface area contributed by atoms with Crippen LogP contribution in [-0.2, 0) is 0 Å². The number of benzene rings is 1. The van der Waals surface area contributed by atoms with E-state index in [2.05, 4.69) is 37.3 Å². The van der Waals surface area contributed by atoms with Crippen molar-refractivity contribution in [1.82, 2.24) is 20.1 Å². The second-order valence-electron chi connectivity index (χ2n) is 6.60. The highest BCUT2D eigenvalue weighted by molar-refractivity contribution is 6.11. The molecule has 0 unspecified atom stereocenters. The van der Waals surface area contributed by atoms with Gasteiger partial charge in [-0.1, -0.05) is 18.2 Å². The maximum Gasteiger partial charge on any atom is 0.276 e. The number of hydrogen-bond donors (Lipinski definition) is 2. The number of likely N-dealkylation sites (N-methyl/N-ethyl adjacent to an activating group) is 1. The zero-order valence-corrected chi connectivity index (χ0v) is 15.0. The molecule has 1 aliphatic heterocycles. The van der Waals surface area contributed by atoms with Crippen LogP contribution in [0.15, 0.2) is 47.4 Å². The standard InChI is InChI=1S/C19H20N6O2/c1-24-8-10-25(11-9-24)16-7-6-13(12-20-16)21-19(27)17-14-4-2-3-5-15(14)18(26)23-22-17/h2-7,12H,8-11H2,1H3,(H,21,27)(H,23,26). The summed E-state index contributed by atoms with van der Waals surface area (Å²) in [6, 6.07) is 10.6. The lowest BCUT2D eigenvalue weighted by molar-refractivity contribution is 0.102.